The third kappa shape index (κ3) is 3.67. The van der Waals surface area contributed by atoms with E-state index in [1.165, 1.54) is 0 Å². The molecule has 1 heterocycles. The molecule has 0 aliphatic carbocycles. The Labute approximate surface area is 142 Å². The summed E-state index contributed by atoms with van der Waals surface area (Å²) >= 11 is 3.03. The number of nitrogens with zero attached hydrogens (tertiary/aromatic N) is 1. The molecule has 0 atom stereocenters. The number of carbonyl (C=O) groups is 1. The molecule has 0 spiro atoms. The van der Waals surface area contributed by atoms with Crippen LogP contribution in [0.5, 0.6) is 0 Å². The summed E-state index contributed by atoms with van der Waals surface area (Å²) in [5.41, 5.74) is 1.63. The third-order valence-corrected chi connectivity index (χ3v) is 4.33. The van der Waals surface area contributed by atoms with Gasteiger partial charge in [0.15, 0.2) is 0 Å². The molecule has 0 saturated carbocycles. The summed E-state index contributed by atoms with van der Waals surface area (Å²) in [5.74, 6) is 0.753. The summed E-state index contributed by atoms with van der Waals surface area (Å²) < 4.78 is 6.25. The number of benzene rings is 2. The average molecular weight is 368 g/mol. The number of ketones is 1. The first-order chi connectivity index (χ1) is 11.3. The van der Waals surface area contributed by atoms with Crippen molar-refractivity contribution in [3.05, 3.63) is 90.4 Å². The van der Waals surface area contributed by atoms with Crippen molar-refractivity contribution >= 4 is 31.6 Å². The van der Waals surface area contributed by atoms with Crippen LogP contribution >= 0.6 is 0 Å². The van der Waals surface area contributed by atoms with Crippen molar-refractivity contribution in [3.8, 4) is 0 Å². The van der Waals surface area contributed by atoms with Gasteiger partial charge in [0.1, 0.15) is 0 Å². The zero-order valence-corrected chi connectivity index (χ0v) is 14.1. The quantitative estimate of drug-likeness (QED) is 0.494. The second kappa shape index (κ2) is 7.23. The van der Waals surface area contributed by atoms with E-state index in [1.807, 2.05) is 77.7 Å². The molecule has 0 N–H and O–H groups in total. The van der Waals surface area contributed by atoms with Gasteiger partial charge in [-0.15, -0.1) is 0 Å². The number of hydrogen-bond acceptors (Lipinski definition) is 3. The molecule has 114 valence electrons. The van der Waals surface area contributed by atoms with Crippen molar-refractivity contribution in [2.24, 2.45) is 0 Å². The Morgan fingerprint density at radius 3 is 2.17 bits per heavy atom. The molecule has 0 saturated heterocycles. The van der Waals surface area contributed by atoms with Crippen molar-refractivity contribution < 1.29 is 9.21 Å². The first-order valence-electron chi connectivity index (χ1n) is 7.24. The number of Topliss-reactive ketones (excluding diaryl/α,β-unsaturated/α-hetero) is 1. The van der Waals surface area contributed by atoms with E-state index in [-0.39, 0.29) is 12.3 Å². The number of carbonyl (C=O) groups excluding carboxylic acids is 1. The Morgan fingerprint density at radius 1 is 0.913 bits per heavy atom. The molecule has 0 amide bonds. The Bertz CT molecular complexity index is 783. The van der Waals surface area contributed by atoms with Crippen LogP contribution in [0.2, 0.25) is 0 Å². The molecule has 3 rings (SSSR count). The van der Waals surface area contributed by atoms with Crippen molar-refractivity contribution in [2.45, 2.75) is 0 Å². The molecule has 2 aromatic carbocycles. The number of rotatable bonds is 6. The summed E-state index contributed by atoms with van der Waals surface area (Å²) in [5, 5.41) is 0. The molecule has 0 radical (unpaired) electrons. The topological polar surface area (TPSA) is 33.5 Å². The predicted octanol–water partition coefficient (Wildman–Crippen LogP) is 3.32. The van der Waals surface area contributed by atoms with Gasteiger partial charge in [0.2, 0.25) is 0 Å². The fourth-order valence-corrected chi connectivity index (χ4v) is 2.88. The van der Waals surface area contributed by atoms with Crippen molar-refractivity contribution in [3.63, 3.8) is 0 Å². The molecule has 0 aliphatic heterocycles. The van der Waals surface area contributed by atoms with Crippen LogP contribution in [0.25, 0.3) is 0 Å². The van der Waals surface area contributed by atoms with Crippen molar-refractivity contribution in [1.82, 2.24) is 0 Å². The molecule has 1 aromatic heterocycles. The van der Waals surface area contributed by atoms with Gasteiger partial charge in [0.05, 0.1) is 0 Å². The van der Waals surface area contributed by atoms with Crippen LogP contribution in [0.15, 0.2) is 83.5 Å². The molecule has 0 aliphatic rings. The Morgan fingerprint density at radius 2 is 1.57 bits per heavy atom. The van der Waals surface area contributed by atoms with Gasteiger partial charge >= 0.3 is 143 Å². The fourth-order valence-electron chi connectivity index (χ4n) is 2.28. The van der Waals surface area contributed by atoms with Crippen molar-refractivity contribution in [2.75, 3.05) is 11.4 Å². The summed E-state index contributed by atoms with van der Waals surface area (Å²) in [6.07, 6.45) is 1.62. The van der Waals surface area contributed by atoms with Gasteiger partial charge in [-0.3, -0.25) is 0 Å². The molecule has 0 bridgehead atoms. The first-order valence-corrected chi connectivity index (χ1v) is 8.10. The molecule has 3 aromatic rings. The van der Waals surface area contributed by atoms with Gasteiger partial charge in [-0.25, -0.2) is 0 Å². The van der Waals surface area contributed by atoms with E-state index in [4.69, 9.17) is 4.42 Å². The number of anilines is 1. The summed E-state index contributed by atoms with van der Waals surface area (Å²) in [7, 11) is 0. The third-order valence-electron chi connectivity index (χ3n) is 3.44. The van der Waals surface area contributed by atoms with Crippen molar-refractivity contribution in [1.29, 1.82) is 0 Å². The summed E-state index contributed by atoms with van der Waals surface area (Å²) in [6, 6.07) is 22.8. The number of furan rings is 1. The average Bonchev–Trinajstić information content (AvgIpc) is 3.15. The zero-order valence-electron chi connectivity index (χ0n) is 12.4. The molecule has 0 unspecified atom stereocenters. The minimum atomic E-state index is 0.0498. The van der Waals surface area contributed by atoms with Gasteiger partial charge in [0, 0.05) is 0 Å². The predicted molar refractivity (Wildman–Crippen MR) is 93.1 cm³/mol. The minimum absolute atomic E-state index is 0.0498. The van der Waals surface area contributed by atoms with Gasteiger partial charge in [-0.2, -0.15) is 0 Å². The number of para-hydroxylation sites is 1. The monoisotopic (exact) mass is 369 g/mol. The van der Waals surface area contributed by atoms with E-state index in [9.17, 15) is 4.79 Å². The second-order valence-corrected chi connectivity index (χ2v) is 5.80. The Balaban J connectivity index is 1.90. The Kier molecular flexibility index (Phi) is 4.86. The fraction of sp³-hybridized carbons (Fsp3) is 0.0526. The van der Waals surface area contributed by atoms with E-state index in [0.717, 1.165) is 10.2 Å². The molecule has 4 heteroatoms. The van der Waals surface area contributed by atoms with Crippen LogP contribution in [0.3, 0.4) is 0 Å². The molecule has 3 nitrogen and oxygen atoms in total. The number of hydrogen-bond donors (Lipinski definition) is 0. The van der Waals surface area contributed by atoms with E-state index < -0.39 is 0 Å². The first kappa shape index (κ1) is 15.5. The SMILES string of the molecule is O=C(CN(C(=[Se])c1ccco1)c1ccccc1)c1ccccc1. The summed E-state index contributed by atoms with van der Waals surface area (Å²) in [6.45, 7) is 0.233. The van der Waals surface area contributed by atoms with E-state index in [2.05, 4.69) is 15.6 Å². The Hall–Kier alpha value is -2.42. The maximum absolute atomic E-state index is 12.6. The molecular weight excluding hydrogens is 353 g/mol. The molecular formula is C19H15NO2Se. The van der Waals surface area contributed by atoms with Gasteiger partial charge in [-0.05, 0) is 0 Å². The van der Waals surface area contributed by atoms with Crippen LogP contribution in [0.4, 0.5) is 5.69 Å². The van der Waals surface area contributed by atoms with Crippen LogP contribution < -0.4 is 4.90 Å². The van der Waals surface area contributed by atoms with Gasteiger partial charge in [0.25, 0.3) is 0 Å². The van der Waals surface area contributed by atoms with Gasteiger partial charge < -0.3 is 0 Å². The zero-order chi connectivity index (χ0) is 16.1. The molecule has 23 heavy (non-hydrogen) atoms. The second-order valence-electron chi connectivity index (χ2n) is 4.99. The maximum atomic E-state index is 12.6. The van der Waals surface area contributed by atoms with E-state index >= 15 is 0 Å². The molecule has 0 fully saturated rings. The summed E-state index contributed by atoms with van der Waals surface area (Å²) in [4.78, 5) is 14.5. The normalized spacial score (nSPS) is 10.3. The van der Waals surface area contributed by atoms with Crippen LogP contribution in [0.1, 0.15) is 16.1 Å². The van der Waals surface area contributed by atoms with Gasteiger partial charge in [-0.1, -0.05) is 0 Å². The van der Waals surface area contributed by atoms with Crippen LogP contribution in [-0.2, 0) is 0 Å². The van der Waals surface area contributed by atoms with Crippen LogP contribution in [0, 0.1) is 0 Å². The van der Waals surface area contributed by atoms with Crippen LogP contribution in [-0.4, -0.2) is 32.4 Å². The van der Waals surface area contributed by atoms with E-state index in [0.29, 0.717) is 11.3 Å². The van der Waals surface area contributed by atoms with E-state index in [1.54, 1.807) is 6.26 Å². The standard InChI is InChI=1S/C19H15NO2Se/c21-17(15-8-3-1-4-9-15)14-20(16-10-5-2-6-11-16)19(23)18-12-7-13-22-18/h1-13H,14H2.